The van der Waals surface area contributed by atoms with E-state index >= 15 is 0 Å². The fraction of sp³-hybridized carbons (Fsp3) is 0.278. The number of carbonyl (C=O) groups is 1. The van der Waals surface area contributed by atoms with Gasteiger partial charge in [-0.05, 0) is 37.0 Å². The minimum Gasteiger partial charge on any atom is -0.429 e. The molecule has 1 saturated heterocycles. The zero-order valence-electron chi connectivity index (χ0n) is 12.0. The third-order valence-electron chi connectivity index (χ3n) is 3.68. The SMILES string of the molecule is Cc1ccccc1C(=O)O[C@H]1O[C@H]1CCc1ccccc1. The number of benzene rings is 2. The fourth-order valence-corrected chi connectivity index (χ4v) is 2.36. The molecule has 3 nitrogen and oxygen atoms in total. The zero-order valence-corrected chi connectivity index (χ0v) is 12.0. The molecule has 0 aromatic heterocycles. The van der Waals surface area contributed by atoms with E-state index in [4.69, 9.17) is 9.47 Å². The normalized spacial score (nSPS) is 20.0. The molecule has 0 spiro atoms. The molecule has 0 radical (unpaired) electrons. The van der Waals surface area contributed by atoms with Crippen LogP contribution < -0.4 is 0 Å². The maximum atomic E-state index is 12.0. The highest BCUT2D eigenvalue weighted by Crippen LogP contribution is 2.29. The standard InChI is InChI=1S/C18H18O3/c1-13-7-5-6-10-15(13)17(19)21-18-16(20-18)12-11-14-8-3-2-4-9-14/h2-10,16,18H,11-12H2,1H3/t16-,18+/m0/s1. The largest absolute Gasteiger partial charge is 0.429 e. The summed E-state index contributed by atoms with van der Waals surface area (Å²) >= 11 is 0. The number of epoxide rings is 1. The van der Waals surface area contributed by atoms with Gasteiger partial charge in [0.05, 0.1) is 5.56 Å². The Morgan fingerprint density at radius 3 is 2.57 bits per heavy atom. The van der Waals surface area contributed by atoms with Crippen LogP contribution in [0.2, 0.25) is 0 Å². The Labute approximate surface area is 124 Å². The summed E-state index contributed by atoms with van der Waals surface area (Å²) in [6, 6.07) is 17.7. The Balaban J connectivity index is 1.48. The Bertz CT molecular complexity index is 621. The van der Waals surface area contributed by atoms with Crippen LogP contribution in [0.3, 0.4) is 0 Å². The molecule has 0 N–H and O–H groups in total. The molecule has 0 amide bonds. The van der Waals surface area contributed by atoms with Gasteiger partial charge in [-0.1, -0.05) is 48.5 Å². The molecular formula is C18H18O3. The molecule has 0 aliphatic carbocycles. The highest BCUT2D eigenvalue weighted by Gasteiger charge is 2.42. The Morgan fingerprint density at radius 2 is 1.81 bits per heavy atom. The molecule has 0 unspecified atom stereocenters. The van der Waals surface area contributed by atoms with Crippen molar-refractivity contribution in [3.05, 3.63) is 71.3 Å². The molecule has 0 saturated carbocycles. The summed E-state index contributed by atoms with van der Waals surface area (Å²) in [4.78, 5) is 12.0. The molecule has 108 valence electrons. The van der Waals surface area contributed by atoms with Gasteiger partial charge in [0, 0.05) is 0 Å². The lowest BCUT2D eigenvalue weighted by atomic mass is 10.1. The van der Waals surface area contributed by atoms with Crippen molar-refractivity contribution in [2.45, 2.75) is 32.2 Å². The third kappa shape index (κ3) is 3.50. The van der Waals surface area contributed by atoms with E-state index in [2.05, 4.69) is 12.1 Å². The summed E-state index contributed by atoms with van der Waals surface area (Å²) < 4.78 is 10.8. The van der Waals surface area contributed by atoms with Gasteiger partial charge in [-0.15, -0.1) is 0 Å². The quantitative estimate of drug-likeness (QED) is 0.622. The van der Waals surface area contributed by atoms with E-state index in [1.54, 1.807) is 6.07 Å². The Kier molecular flexibility index (Phi) is 4.02. The second-order valence-electron chi connectivity index (χ2n) is 5.29. The van der Waals surface area contributed by atoms with Crippen molar-refractivity contribution in [2.75, 3.05) is 0 Å². The average Bonchev–Trinajstić information content (AvgIpc) is 3.24. The molecule has 1 fully saturated rings. The number of hydrogen-bond donors (Lipinski definition) is 0. The summed E-state index contributed by atoms with van der Waals surface area (Å²) in [7, 11) is 0. The monoisotopic (exact) mass is 282 g/mol. The first-order chi connectivity index (χ1) is 10.2. The van der Waals surface area contributed by atoms with Gasteiger partial charge in [0.1, 0.15) is 6.10 Å². The number of rotatable bonds is 5. The predicted molar refractivity (Wildman–Crippen MR) is 80.0 cm³/mol. The second kappa shape index (κ2) is 6.10. The maximum absolute atomic E-state index is 12.0. The lowest BCUT2D eigenvalue weighted by molar-refractivity contribution is 0.0296. The zero-order chi connectivity index (χ0) is 14.7. The van der Waals surface area contributed by atoms with E-state index in [1.165, 1.54) is 5.56 Å². The number of carbonyl (C=O) groups excluding carboxylic acids is 1. The molecule has 3 rings (SSSR count). The van der Waals surface area contributed by atoms with Gasteiger partial charge in [-0.3, -0.25) is 0 Å². The van der Waals surface area contributed by atoms with E-state index in [9.17, 15) is 4.79 Å². The topological polar surface area (TPSA) is 38.8 Å². The van der Waals surface area contributed by atoms with Crippen LogP contribution in [0.4, 0.5) is 0 Å². The van der Waals surface area contributed by atoms with Crippen molar-refractivity contribution in [3.63, 3.8) is 0 Å². The molecule has 0 bridgehead atoms. The number of ether oxygens (including phenoxy) is 2. The minimum atomic E-state index is -0.388. The van der Waals surface area contributed by atoms with Gasteiger partial charge >= 0.3 is 5.97 Å². The van der Waals surface area contributed by atoms with Crippen LogP contribution >= 0.6 is 0 Å². The first kappa shape index (κ1) is 13.8. The van der Waals surface area contributed by atoms with Crippen molar-refractivity contribution in [1.29, 1.82) is 0 Å². The van der Waals surface area contributed by atoms with E-state index < -0.39 is 0 Å². The van der Waals surface area contributed by atoms with E-state index in [-0.39, 0.29) is 18.4 Å². The summed E-state index contributed by atoms with van der Waals surface area (Å²) in [5.41, 5.74) is 2.80. The molecule has 1 heterocycles. The predicted octanol–water partition coefficient (Wildman–Crippen LogP) is 3.51. The molecular weight excluding hydrogens is 264 g/mol. The number of esters is 1. The van der Waals surface area contributed by atoms with Crippen LogP contribution in [0, 0.1) is 6.92 Å². The first-order valence-electron chi connectivity index (χ1n) is 7.20. The van der Waals surface area contributed by atoms with Crippen molar-refractivity contribution in [3.8, 4) is 0 Å². The van der Waals surface area contributed by atoms with Crippen LogP contribution in [-0.2, 0) is 15.9 Å². The fourth-order valence-electron chi connectivity index (χ4n) is 2.36. The van der Waals surface area contributed by atoms with Gasteiger partial charge in [0.15, 0.2) is 0 Å². The van der Waals surface area contributed by atoms with E-state index in [0.29, 0.717) is 5.56 Å². The van der Waals surface area contributed by atoms with Gasteiger partial charge in [-0.25, -0.2) is 4.79 Å². The minimum absolute atomic E-state index is 0.0261. The van der Waals surface area contributed by atoms with Crippen LogP contribution in [0.15, 0.2) is 54.6 Å². The highest BCUT2D eigenvalue weighted by molar-refractivity contribution is 5.91. The lowest BCUT2D eigenvalue weighted by Gasteiger charge is -2.04. The van der Waals surface area contributed by atoms with Crippen LogP contribution in [0.25, 0.3) is 0 Å². The van der Waals surface area contributed by atoms with Crippen LogP contribution in [-0.4, -0.2) is 18.4 Å². The van der Waals surface area contributed by atoms with E-state index in [1.807, 2.05) is 43.3 Å². The summed E-state index contributed by atoms with van der Waals surface area (Å²) in [6.45, 7) is 1.90. The van der Waals surface area contributed by atoms with Crippen LogP contribution in [0.5, 0.6) is 0 Å². The van der Waals surface area contributed by atoms with Gasteiger partial charge in [0.25, 0.3) is 0 Å². The van der Waals surface area contributed by atoms with Crippen molar-refractivity contribution in [1.82, 2.24) is 0 Å². The van der Waals surface area contributed by atoms with Gasteiger partial charge < -0.3 is 9.47 Å². The molecule has 1 aliphatic heterocycles. The molecule has 2 aromatic rings. The molecule has 2 atom stereocenters. The summed E-state index contributed by atoms with van der Waals surface area (Å²) in [5, 5.41) is 0. The first-order valence-corrected chi connectivity index (χ1v) is 7.20. The molecule has 21 heavy (non-hydrogen) atoms. The summed E-state index contributed by atoms with van der Waals surface area (Å²) in [6.07, 6.45) is 1.44. The molecule has 2 aromatic carbocycles. The summed E-state index contributed by atoms with van der Waals surface area (Å²) in [5.74, 6) is -0.305. The number of aryl methyl sites for hydroxylation is 2. The van der Waals surface area contributed by atoms with Crippen molar-refractivity contribution < 1.29 is 14.3 Å². The third-order valence-corrected chi connectivity index (χ3v) is 3.68. The number of hydrogen-bond acceptors (Lipinski definition) is 3. The van der Waals surface area contributed by atoms with Gasteiger partial charge in [0.2, 0.25) is 6.29 Å². The smallest absolute Gasteiger partial charge is 0.340 e. The van der Waals surface area contributed by atoms with Crippen LogP contribution in [0.1, 0.15) is 27.9 Å². The Morgan fingerprint density at radius 1 is 1.10 bits per heavy atom. The lowest BCUT2D eigenvalue weighted by Crippen LogP contribution is -2.11. The van der Waals surface area contributed by atoms with Crippen molar-refractivity contribution in [2.24, 2.45) is 0 Å². The average molecular weight is 282 g/mol. The van der Waals surface area contributed by atoms with Gasteiger partial charge in [-0.2, -0.15) is 0 Å². The Hall–Kier alpha value is -2.13. The second-order valence-corrected chi connectivity index (χ2v) is 5.29. The molecule has 1 aliphatic rings. The highest BCUT2D eigenvalue weighted by atomic mass is 16.8. The molecule has 3 heteroatoms. The van der Waals surface area contributed by atoms with Crippen molar-refractivity contribution >= 4 is 5.97 Å². The van der Waals surface area contributed by atoms with E-state index in [0.717, 1.165) is 18.4 Å². The maximum Gasteiger partial charge on any atom is 0.340 e.